The van der Waals surface area contributed by atoms with E-state index in [1.165, 1.54) is 5.56 Å². The van der Waals surface area contributed by atoms with E-state index >= 15 is 0 Å². The van der Waals surface area contributed by atoms with E-state index in [0.717, 1.165) is 12.0 Å². The van der Waals surface area contributed by atoms with Crippen LogP contribution in [-0.2, 0) is 16.0 Å². The molecule has 0 N–H and O–H groups in total. The van der Waals surface area contributed by atoms with Crippen molar-refractivity contribution in [1.29, 1.82) is 0 Å². The molecule has 31 heavy (non-hydrogen) atoms. The number of aryl methyl sites for hydroxylation is 1. The Morgan fingerprint density at radius 3 is 2.29 bits per heavy atom. The van der Waals surface area contributed by atoms with Crippen LogP contribution in [0, 0.1) is 0 Å². The second kappa shape index (κ2) is 9.86. The van der Waals surface area contributed by atoms with Gasteiger partial charge in [-0.2, -0.15) is 0 Å². The normalized spacial score (nSPS) is 16.7. The number of carbonyl (C=O) groups excluding carboxylic acids is 2. The van der Waals surface area contributed by atoms with Crippen molar-refractivity contribution in [3.63, 3.8) is 0 Å². The van der Waals surface area contributed by atoms with Gasteiger partial charge in [-0.3, -0.25) is 4.79 Å². The minimum absolute atomic E-state index is 0.0404. The lowest BCUT2D eigenvalue weighted by Crippen LogP contribution is -2.54. The molecule has 1 heterocycles. The molecule has 2 amide bonds. The van der Waals surface area contributed by atoms with Gasteiger partial charge in [-0.05, 0) is 50.5 Å². The minimum Gasteiger partial charge on any atom is -0.484 e. The van der Waals surface area contributed by atoms with Crippen molar-refractivity contribution >= 4 is 12.0 Å². The highest BCUT2D eigenvalue weighted by molar-refractivity contribution is 5.79. The molecule has 0 bridgehead atoms. The zero-order chi connectivity index (χ0) is 22.4. The molecule has 0 aliphatic carbocycles. The van der Waals surface area contributed by atoms with Crippen LogP contribution >= 0.6 is 0 Å². The molecule has 0 saturated carbocycles. The van der Waals surface area contributed by atoms with Crippen LogP contribution in [0.3, 0.4) is 0 Å². The maximum Gasteiger partial charge on any atom is 0.410 e. The Morgan fingerprint density at radius 1 is 1.00 bits per heavy atom. The van der Waals surface area contributed by atoms with Gasteiger partial charge in [-0.1, -0.05) is 49.4 Å². The number of nitrogens with zero attached hydrogens (tertiary/aromatic N) is 2. The molecule has 1 atom stereocenters. The molecule has 1 fully saturated rings. The number of hydrogen-bond donors (Lipinski definition) is 0. The predicted octanol–water partition coefficient (Wildman–Crippen LogP) is 4.45. The molecule has 1 saturated heterocycles. The maximum absolute atomic E-state index is 13.0. The molecular weight excluding hydrogens is 392 g/mol. The van der Waals surface area contributed by atoms with E-state index in [4.69, 9.17) is 9.47 Å². The molecule has 2 aromatic rings. The van der Waals surface area contributed by atoms with E-state index in [1.807, 2.05) is 75.4 Å². The Balaban J connectivity index is 1.70. The van der Waals surface area contributed by atoms with Crippen molar-refractivity contribution in [3.8, 4) is 5.75 Å². The second-order valence-corrected chi connectivity index (χ2v) is 8.73. The number of ether oxygens (including phenoxy) is 2. The summed E-state index contributed by atoms with van der Waals surface area (Å²) >= 11 is 0. The van der Waals surface area contributed by atoms with Gasteiger partial charge in [0.15, 0.2) is 6.61 Å². The van der Waals surface area contributed by atoms with E-state index in [2.05, 4.69) is 6.92 Å². The Hall–Kier alpha value is -3.02. The molecule has 0 spiro atoms. The predicted molar refractivity (Wildman–Crippen MR) is 120 cm³/mol. The molecule has 6 nitrogen and oxygen atoms in total. The molecule has 1 unspecified atom stereocenters. The van der Waals surface area contributed by atoms with Crippen LogP contribution in [0.5, 0.6) is 5.75 Å². The molecule has 3 rings (SSSR count). The first kappa shape index (κ1) is 22.7. The number of carbonyl (C=O) groups is 2. The largest absolute Gasteiger partial charge is 0.484 e. The van der Waals surface area contributed by atoms with Gasteiger partial charge in [-0.25, -0.2) is 4.79 Å². The van der Waals surface area contributed by atoms with Gasteiger partial charge in [0.05, 0.1) is 6.04 Å². The first-order chi connectivity index (χ1) is 14.8. The van der Waals surface area contributed by atoms with Crippen molar-refractivity contribution < 1.29 is 19.1 Å². The van der Waals surface area contributed by atoms with Crippen LogP contribution in [0.2, 0.25) is 0 Å². The first-order valence-corrected chi connectivity index (χ1v) is 10.8. The van der Waals surface area contributed by atoms with Crippen molar-refractivity contribution in [2.45, 2.75) is 45.8 Å². The maximum atomic E-state index is 13.0. The van der Waals surface area contributed by atoms with Crippen molar-refractivity contribution in [2.24, 2.45) is 0 Å². The summed E-state index contributed by atoms with van der Waals surface area (Å²) in [7, 11) is 0. The number of benzene rings is 2. The van der Waals surface area contributed by atoms with Crippen LogP contribution in [0.25, 0.3) is 0 Å². The molecule has 1 aliphatic heterocycles. The topological polar surface area (TPSA) is 59.1 Å². The number of hydrogen-bond acceptors (Lipinski definition) is 4. The quantitative estimate of drug-likeness (QED) is 0.712. The van der Waals surface area contributed by atoms with E-state index in [-0.39, 0.29) is 24.6 Å². The summed E-state index contributed by atoms with van der Waals surface area (Å²) in [5.74, 6) is 0.575. The second-order valence-electron chi connectivity index (χ2n) is 8.73. The van der Waals surface area contributed by atoms with E-state index in [9.17, 15) is 9.59 Å². The average molecular weight is 425 g/mol. The third-order valence-electron chi connectivity index (χ3n) is 5.23. The van der Waals surface area contributed by atoms with Crippen LogP contribution < -0.4 is 4.74 Å². The summed E-state index contributed by atoms with van der Waals surface area (Å²) < 4.78 is 11.3. The zero-order valence-electron chi connectivity index (χ0n) is 18.8. The molecule has 166 valence electrons. The molecular formula is C25H32N2O4. The number of piperazine rings is 1. The van der Waals surface area contributed by atoms with Gasteiger partial charge < -0.3 is 19.3 Å². The third kappa shape index (κ3) is 6.23. The molecule has 0 radical (unpaired) electrons. The van der Waals surface area contributed by atoms with Crippen LogP contribution in [0.15, 0.2) is 54.6 Å². The Kier molecular flexibility index (Phi) is 7.21. The summed E-state index contributed by atoms with van der Waals surface area (Å²) in [4.78, 5) is 29.1. The Morgan fingerprint density at radius 2 is 1.68 bits per heavy atom. The fourth-order valence-corrected chi connectivity index (χ4v) is 3.58. The molecule has 6 heteroatoms. The fraction of sp³-hybridized carbons (Fsp3) is 0.440. The summed E-state index contributed by atoms with van der Waals surface area (Å²) in [6.45, 7) is 8.85. The van der Waals surface area contributed by atoms with E-state index < -0.39 is 5.60 Å². The lowest BCUT2D eigenvalue weighted by Gasteiger charge is -2.41. The van der Waals surface area contributed by atoms with Gasteiger partial charge in [0.2, 0.25) is 0 Å². The van der Waals surface area contributed by atoms with Gasteiger partial charge in [0.1, 0.15) is 11.4 Å². The monoisotopic (exact) mass is 424 g/mol. The van der Waals surface area contributed by atoms with Gasteiger partial charge in [0, 0.05) is 19.6 Å². The third-order valence-corrected chi connectivity index (χ3v) is 5.23. The SMILES string of the molecule is CCc1ccc(OCC(=O)N2CCN(C(=O)OC(C)(C)C)CC2c2ccccc2)cc1. The molecule has 2 aromatic carbocycles. The fourth-order valence-electron chi connectivity index (χ4n) is 3.58. The highest BCUT2D eigenvalue weighted by Crippen LogP contribution is 2.27. The van der Waals surface area contributed by atoms with Crippen LogP contribution in [0.4, 0.5) is 4.79 Å². The van der Waals surface area contributed by atoms with Gasteiger partial charge >= 0.3 is 6.09 Å². The summed E-state index contributed by atoms with van der Waals surface area (Å²) in [6, 6.07) is 17.3. The smallest absolute Gasteiger partial charge is 0.410 e. The average Bonchev–Trinajstić information content (AvgIpc) is 2.77. The first-order valence-electron chi connectivity index (χ1n) is 10.8. The summed E-state index contributed by atoms with van der Waals surface area (Å²) in [5, 5.41) is 0. The Labute approximate surface area is 184 Å². The lowest BCUT2D eigenvalue weighted by molar-refractivity contribution is -0.138. The highest BCUT2D eigenvalue weighted by Gasteiger charge is 2.35. The zero-order valence-corrected chi connectivity index (χ0v) is 18.8. The lowest BCUT2D eigenvalue weighted by atomic mass is 10.0. The standard InChI is InChI=1S/C25H32N2O4/c1-5-19-11-13-21(14-12-19)30-18-23(28)27-16-15-26(24(29)31-25(2,3)4)17-22(27)20-9-7-6-8-10-20/h6-14,22H,5,15-18H2,1-4H3. The minimum atomic E-state index is -0.562. The van der Waals surface area contributed by atoms with E-state index in [1.54, 1.807) is 9.80 Å². The van der Waals surface area contributed by atoms with Gasteiger partial charge in [-0.15, -0.1) is 0 Å². The number of amides is 2. The molecule has 0 aromatic heterocycles. The molecule has 1 aliphatic rings. The Bertz CT molecular complexity index is 875. The van der Waals surface area contributed by atoms with E-state index in [0.29, 0.717) is 25.4 Å². The van der Waals surface area contributed by atoms with Crippen LogP contribution in [-0.4, -0.2) is 53.6 Å². The summed E-state index contributed by atoms with van der Waals surface area (Å²) in [5.41, 5.74) is 1.64. The van der Waals surface area contributed by atoms with Crippen molar-refractivity contribution in [1.82, 2.24) is 9.80 Å². The van der Waals surface area contributed by atoms with Gasteiger partial charge in [0.25, 0.3) is 5.91 Å². The number of rotatable bonds is 5. The van der Waals surface area contributed by atoms with Crippen molar-refractivity contribution in [3.05, 3.63) is 65.7 Å². The summed E-state index contributed by atoms with van der Waals surface area (Å²) in [6.07, 6.45) is 0.604. The van der Waals surface area contributed by atoms with Crippen LogP contribution in [0.1, 0.15) is 44.9 Å². The highest BCUT2D eigenvalue weighted by atomic mass is 16.6. The van der Waals surface area contributed by atoms with Crippen molar-refractivity contribution in [2.75, 3.05) is 26.2 Å².